The van der Waals surface area contributed by atoms with E-state index in [1.54, 1.807) is 0 Å². The molecule has 0 radical (unpaired) electrons. The van der Waals surface area contributed by atoms with Crippen molar-refractivity contribution in [2.24, 2.45) is 5.41 Å². The SMILES string of the molecule is CCC(NC1CCOC1)C(C)(C)C. The Balaban J connectivity index is 2.39. The van der Waals surface area contributed by atoms with E-state index in [1.165, 1.54) is 12.8 Å². The molecule has 1 N–H and O–H groups in total. The second kappa shape index (κ2) is 4.43. The maximum Gasteiger partial charge on any atom is 0.0620 e. The minimum absolute atomic E-state index is 0.358. The zero-order valence-electron chi connectivity index (χ0n) is 9.39. The first kappa shape index (κ1) is 11.0. The quantitative estimate of drug-likeness (QED) is 0.727. The zero-order chi connectivity index (χ0) is 9.90. The summed E-state index contributed by atoms with van der Waals surface area (Å²) in [6, 6.07) is 1.20. The highest BCUT2D eigenvalue weighted by molar-refractivity contribution is 4.84. The molecular formula is C11H23NO. The lowest BCUT2D eigenvalue weighted by molar-refractivity contribution is 0.177. The van der Waals surface area contributed by atoms with Crippen LogP contribution in [-0.4, -0.2) is 25.3 Å². The van der Waals surface area contributed by atoms with Gasteiger partial charge in [-0.1, -0.05) is 27.7 Å². The molecule has 2 unspecified atom stereocenters. The Morgan fingerprint density at radius 3 is 2.54 bits per heavy atom. The van der Waals surface area contributed by atoms with Gasteiger partial charge in [-0.2, -0.15) is 0 Å². The van der Waals surface area contributed by atoms with Crippen LogP contribution in [0.1, 0.15) is 40.5 Å². The Morgan fingerprint density at radius 2 is 2.15 bits per heavy atom. The molecule has 1 rings (SSSR count). The van der Waals surface area contributed by atoms with Crippen LogP contribution in [0.15, 0.2) is 0 Å². The number of hydrogen-bond donors (Lipinski definition) is 1. The van der Waals surface area contributed by atoms with Crippen molar-refractivity contribution >= 4 is 0 Å². The number of rotatable bonds is 3. The van der Waals surface area contributed by atoms with E-state index in [0.717, 1.165) is 13.2 Å². The average molecular weight is 185 g/mol. The molecule has 0 aliphatic carbocycles. The van der Waals surface area contributed by atoms with Crippen LogP contribution in [0.3, 0.4) is 0 Å². The maximum atomic E-state index is 5.35. The fourth-order valence-corrected chi connectivity index (χ4v) is 1.93. The molecule has 1 saturated heterocycles. The molecule has 0 saturated carbocycles. The zero-order valence-corrected chi connectivity index (χ0v) is 9.39. The normalized spacial score (nSPS) is 26.3. The third-order valence-corrected chi connectivity index (χ3v) is 2.82. The lowest BCUT2D eigenvalue weighted by atomic mass is 9.84. The lowest BCUT2D eigenvalue weighted by Crippen LogP contribution is -2.45. The number of nitrogens with one attached hydrogen (secondary N) is 1. The first-order valence-corrected chi connectivity index (χ1v) is 5.38. The van der Waals surface area contributed by atoms with E-state index in [9.17, 15) is 0 Å². The summed E-state index contributed by atoms with van der Waals surface area (Å²) in [6.07, 6.45) is 2.37. The van der Waals surface area contributed by atoms with Gasteiger partial charge in [0.1, 0.15) is 0 Å². The third kappa shape index (κ3) is 3.28. The van der Waals surface area contributed by atoms with Crippen LogP contribution in [0.25, 0.3) is 0 Å². The van der Waals surface area contributed by atoms with Crippen LogP contribution >= 0.6 is 0 Å². The summed E-state index contributed by atoms with van der Waals surface area (Å²) in [4.78, 5) is 0. The van der Waals surface area contributed by atoms with E-state index >= 15 is 0 Å². The molecule has 2 nitrogen and oxygen atoms in total. The maximum absolute atomic E-state index is 5.35. The first-order chi connectivity index (χ1) is 6.04. The Morgan fingerprint density at radius 1 is 1.46 bits per heavy atom. The summed E-state index contributed by atoms with van der Waals surface area (Å²) >= 11 is 0. The molecular weight excluding hydrogens is 162 g/mol. The molecule has 2 heteroatoms. The second-order valence-corrected chi connectivity index (χ2v) is 5.05. The first-order valence-electron chi connectivity index (χ1n) is 5.38. The highest BCUT2D eigenvalue weighted by Gasteiger charge is 2.26. The molecule has 2 atom stereocenters. The standard InChI is InChI=1S/C11H23NO/c1-5-10(11(2,3)4)12-9-6-7-13-8-9/h9-10,12H,5-8H2,1-4H3. The second-order valence-electron chi connectivity index (χ2n) is 5.05. The predicted octanol–water partition coefficient (Wildman–Crippen LogP) is 2.19. The summed E-state index contributed by atoms with van der Waals surface area (Å²) in [7, 11) is 0. The van der Waals surface area contributed by atoms with Crippen molar-refractivity contribution in [3.05, 3.63) is 0 Å². The van der Waals surface area contributed by atoms with E-state index < -0.39 is 0 Å². The van der Waals surface area contributed by atoms with Crippen molar-refractivity contribution in [3.63, 3.8) is 0 Å². The Labute approximate surface area is 82.0 Å². The van der Waals surface area contributed by atoms with E-state index in [4.69, 9.17) is 4.74 Å². The molecule has 0 aromatic carbocycles. The van der Waals surface area contributed by atoms with Gasteiger partial charge in [-0.3, -0.25) is 0 Å². The fraction of sp³-hybridized carbons (Fsp3) is 1.00. The molecule has 0 amide bonds. The van der Waals surface area contributed by atoms with Crippen LogP contribution < -0.4 is 5.32 Å². The Bertz CT molecular complexity index is 145. The summed E-state index contributed by atoms with van der Waals surface area (Å²) < 4.78 is 5.35. The van der Waals surface area contributed by atoms with Crippen molar-refractivity contribution in [1.29, 1.82) is 0 Å². The van der Waals surface area contributed by atoms with Gasteiger partial charge in [-0.25, -0.2) is 0 Å². The van der Waals surface area contributed by atoms with E-state index in [0.29, 0.717) is 17.5 Å². The molecule has 0 aromatic rings. The summed E-state index contributed by atoms with van der Waals surface area (Å²) in [5, 5.41) is 3.68. The smallest absolute Gasteiger partial charge is 0.0620 e. The van der Waals surface area contributed by atoms with Gasteiger partial charge in [0.15, 0.2) is 0 Å². The topological polar surface area (TPSA) is 21.3 Å². The molecule has 1 aliphatic rings. The molecule has 1 fully saturated rings. The minimum Gasteiger partial charge on any atom is -0.380 e. The van der Waals surface area contributed by atoms with Crippen molar-refractivity contribution in [2.45, 2.75) is 52.6 Å². The van der Waals surface area contributed by atoms with Crippen LogP contribution in [0.2, 0.25) is 0 Å². The third-order valence-electron chi connectivity index (χ3n) is 2.82. The summed E-state index contributed by atoms with van der Waals surface area (Å²) in [6.45, 7) is 11.0. The number of hydrogen-bond acceptors (Lipinski definition) is 2. The summed E-state index contributed by atoms with van der Waals surface area (Å²) in [5.41, 5.74) is 0.358. The molecule has 1 heterocycles. The van der Waals surface area contributed by atoms with Crippen molar-refractivity contribution in [3.8, 4) is 0 Å². The highest BCUT2D eigenvalue weighted by atomic mass is 16.5. The van der Waals surface area contributed by atoms with Gasteiger partial charge in [-0.05, 0) is 18.3 Å². The van der Waals surface area contributed by atoms with Gasteiger partial charge in [-0.15, -0.1) is 0 Å². The Hall–Kier alpha value is -0.0800. The lowest BCUT2D eigenvalue weighted by Gasteiger charge is -2.32. The largest absolute Gasteiger partial charge is 0.380 e. The summed E-state index contributed by atoms with van der Waals surface area (Å²) in [5.74, 6) is 0. The van der Waals surface area contributed by atoms with Crippen LogP contribution in [0.5, 0.6) is 0 Å². The molecule has 78 valence electrons. The van der Waals surface area contributed by atoms with Crippen molar-refractivity contribution < 1.29 is 4.74 Å². The minimum atomic E-state index is 0.358. The average Bonchev–Trinajstić information content (AvgIpc) is 2.49. The van der Waals surface area contributed by atoms with Gasteiger partial charge in [0.05, 0.1) is 6.61 Å². The van der Waals surface area contributed by atoms with Crippen LogP contribution in [0, 0.1) is 5.41 Å². The van der Waals surface area contributed by atoms with E-state index in [-0.39, 0.29) is 0 Å². The van der Waals surface area contributed by atoms with Crippen LogP contribution in [-0.2, 0) is 4.74 Å². The van der Waals surface area contributed by atoms with E-state index in [2.05, 4.69) is 33.0 Å². The van der Waals surface area contributed by atoms with Gasteiger partial charge < -0.3 is 10.1 Å². The Kier molecular flexibility index (Phi) is 3.74. The van der Waals surface area contributed by atoms with Crippen molar-refractivity contribution in [2.75, 3.05) is 13.2 Å². The molecule has 13 heavy (non-hydrogen) atoms. The number of ether oxygens (including phenoxy) is 1. The van der Waals surface area contributed by atoms with Gasteiger partial charge in [0.2, 0.25) is 0 Å². The predicted molar refractivity (Wildman–Crippen MR) is 55.9 cm³/mol. The molecule has 1 aliphatic heterocycles. The monoisotopic (exact) mass is 185 g/mol. The molecule has 0 aromatic heterocycles. The highest BCUT2D eigenvalue weighted by Crippen LogP contribution is 2.22. The van der Waals surface area contributed by atoms with Gasteiger partial charge in [0, 0.05) is 18.7 Å². The molecule has 0 spiro atoms. The van der Waals surface area contributed by atoms with Gasteiger partial charge >= 0.3 is 0 Å². The van der Waals surface area contributed by atoms with Crippen molar-refractivity contribution in [1.82, 2.24) is 5.32 Å². The van der Waals surface area contributed by atoms with E-state index in [1.807, 2.05) is 0 Å². The van der Waals surface area contributed by atoms with Crippen LogP contribution in [0.4, 0.5) is 0 Å². The fourth-order valence-electron chi connectivity index (χ4n) is 1.93. The van der Waals surface area contributed by atoms with Gasteiger partial charge in [0.25, 0.3) is 0 Å². The molecule has 0 bridgehead atoms.